The van der Waals surface area contributed by atoms with Gasteiger partial charge in [-0.3, -0.25) is 14.3 Å². The Morgan fingerprint density at radius 3 is 2.57 bits per heavy atom. The maximum absolute atomic E-state index is 11.7. The maximum atomic E-state index is 11.7. The Morgan fingerprint density at radius 2 is 2.07 bits per heavy atom. The second-order valence-electron chi connectivity index (χ2n) is 3.82. The number of aromatic nitrogens is 2. The molecule has 1 fully saturated rings. The van der Waals surface area contributed by atoms with Crippen molar-refractivity contribution in [2.75, 3.05) is 0 Å². The Kier molecular flexibility index (Phi) is 2.03. The number of H-pyrrole nitrogens is 1. The predicted molar refractivity (Wildman–Crippen MR) is 53.9 cm³/mol. The molecule has 0 saturated heterocycles. The van der Waals surface area contributed by atoms with Gasteiger partial charge in [-0.15, -0.1) is 0 Å². The summed E-state index contributed by atoms with van der Waals surface area (Å²) in [6.45, 7) is 3.63. The van der Waals surface area contributed by atoms with Crippen molar-refractivity contribution in [2.24, 2.45) is 5.92 Å². The van der Waals surface area contributed by atoms with Crippen molar-refractivity contribution < 1.29 is 0 Å². The second kappa shape index (κ2) is 2.98. The minimum Gasteiger partial charge on any atom is -0.297 e. The van der Waals surface area contributed by atoms with Crippen molar-refractivity contribution in [1.82, 2.24) is 9.55 Å². The first-order chi connectivity index (χ1) is 6.52. The summed E-state index contributed by atoms with van der Waals surface area (Å²) in [7, 11) is 0. The van der Waals surface area contributed by atoms with Gasteiger partial charge < -0.3 is 0 Å². The molecule has 5 heteroatoms. The molecule has 1 aromatic rings. The fourth-order valence-electron chi connectivity index (χ4n) is 1.58. The second-order valence-corrected chi connectivity index (χ2v) is 4.20. The minimum atomic E-state index is -0.403. The van der Waals surface area contributed by atoms with Crippen LogP contribution < -0.4 is 11.2 Å². The Balaban J connectivity index is 2.66. The fourth-order valence-corrected chi connectivity index (χ4v) is 1.74. The Labute approximate surface area is 85.5 Å². The van der Waals surface area contributed by atoms with Gasteiger partial charge in [-0.25, -0.2) is 4.79 Å². The molecule has 4 nitrogen and oxygen atoms in total. The van der Waals surface area contributed by atoms with Crippen LogP contribution >= 0.6 is 11.6 Å². The van der Waals surface area contributed by atoms with Gasteiger partial charge in [0.25, 0.3) is 5.56 Å². The van der Waals surface area contributed by atoms with Gasteiger partial charge in [0.1, 0.15) is 5.15 Å². The zero-order valence-corrected chi connectivity index (χ0v) is 8.76. The molecule has 1 aliphatic carbocycles. The van der Waals surface area contributed by atoms with Crippen molar-refractivity contribution in [3.05, 3.63) is 31.6 Å². The van der Waals surface area contributed by atoms with Crippen LogP contribution in [0.4, 0.5) is 0 Å². The van der Waals surface area contributed by atoms with Crippen LogP contribution in [0.5, 0.6) is 0 Å². The van der Waals surface area contributed by atoms with Crippen LogP contribution in [0.2, 0.25) is 5.15 Å². The van der Waals surface area contributed by atoms with Crippen molar-refractivity contribution >= 4 is 11.6 Å². The van der Waals surface area contributed by atoms with E-state index >= 15 is 0 Å². The molecule has 1 heterocycles. The highest BCUT2D eigenvalue weighted by atomic mass is 35.5. The summed E-state index contributed by atoms with van der Waals surface area (Å²) in [5, 5.41) is 0.143. The van der Waals surface area contributed by atoms with Gasteiger partial charge in [-0.2, -0.15) is 0 Å². The van der Waals surface area contributed by atoms with E-state index in [1.54, 1.807) is 6.92 Å². The van der Waals surface area contributed by atoms with Gasteiger partial charge in [0.2, 0.25) is 0 Å². The van der Waals surface area contributed by atoms with Gasteiger partial charge in [-0.1, -0.05) is 18.5 Å². The molecule has 1 aromatic heterocycles. The molecule has 0 bridgehead atoms. The summed E-state index contributed by atoms with van der Waals surface area (Å²) < 4.78 is 1.27. The number of rotatable bonds is 1. The summed E-state index contributed by atoms with van der Waals surface area (Å²) >= 11 is 5.68. The third-order valence-corrected chi connectivity index (χ3v) is 3.08. The van der Waals surface area contributed by atoms with Crippen LogP contribution in [0, 0.1) is 12.8 Å². The van der Waals surface area contributed by atoms with Crippen molar-refractivity contribution in [1.29, 1.82) is 0 Å². The van der Waals surface area contributed by atoms with Crippen LogP contribution in [-0.2, 0) is 0 Å². The smallest absolute Gasteiger partial charge is 0.297 e. The molecule has 1 saturated carbocycles. The lowest BCUT2D eigenvalue weighted by Gasteiger charge is -2.04. The fraction of sp³-hybridized carbons (Fsp3) is 0.556. The maximum Gasteiger partial charge on any atom is 0.329 e. The van der Waals surface area contributed by atoms with Gasteiger partial charge in [0.05, 0.1) is 0 Å². The molecule has 2 atom stereocenters. The van der Waals surface area contributed by atoms with E-state index in [4.69, 9.17) is 11.6 Å². The van der Waals surface area contributed by atoms with Gasteiger partial charge in [0.15, 0.2) is 0 Å². The lowest BCUT2D eigenvalue weighted by Crippen LogP contribution is -2.36. The average molecular weight is 215 g/mol. The lowest BCUT2D eigenvalue weighted by molar-refractivity contribution is 0.613. The van der Waals surface area contributed by atoms with Crippen LogP contribution in [0.15, 0.2) is 9.59 Å². The molecular weight excluding hydrogens is 204 g/mol. The molecule has 2 rings (SSSR count). The molecule has 1 aliphatic rings. The normalized spacial score (nSPS) is 25.1. The Bertz CT molecular complexity index is 489. The van der Waals surface area contributed by atoms with E-state index in [1.165, 1.54) is 4.57 Å². The van der Waals surface area contributed by atoms with E-state index in [0.717, 1.165) is 6.42 Å². The molecule has 0 spiro atoms. The monoisotopic (exact) mass is 214 g/mol. The number of hydrogen-bond acceptors (Lipinski definition) is 2. The Morgan fingerprint density at radius 1 is 1.50 bits per heavy atom. The highest BCUT2D eigenvalue weighted by Gasteiger charge is 2.36. The van der Waals surface area contributed by atoms with E-state index in [9.17, 15) is 9.59 Å². The first kappa shape index (κ1) is 9.52. The zero-order valence-electron chi connectivity index (χ0n) is 8.00. The molecular formula is C9H11ClN2O2. The van der Waals surface area contributed by atoms with E-state index in [0.29, 0.717) is 11.5 Å². The standard InChI is InChI=1S/C9H11ClN2O2/c1-4-3-6(4)12-8(13)5(2)7(10)11-9(12)14/h4,6H,3H2,1-2H3,(H,11,14). The third kappa shape index (κ3) is 1.30. The summed E-state index contributed by atoms with van der Waals surface area (Å²) in [4.78, 5) is 25.6. The van der Waals surface area contributed by atoms with Crippen LogP contribution in [0.25, 0.3) is 0 Å². The number of nitrogens with one attached hydrogen (secondary N) is 1. The van der Waals surface area contributed by atoms with Crippen LogP contribution in [0.3, 0.4) is 0 Å². The highest BCUT2D eigenvalue weighted by molar-refractivity contribution is 6.30. The van der Waals surface area contributed by atoms with Crippen molar-refractivity contribution in [2.45, 2.75) is 26.3 Å². The summed E-state index contributed by atoms with van der Waals surface area (Å²) in [5.41, 5.74) is -0.265. The zero-order chi connectivity index (χ0) is 10.5. The van der Waals surface area contributed by atoms with Crippen LogP contribution in [0.1, 0.15) is 24.9 Å². The topological polar surface area (TPSA) is 54.9 Å². The SMILES string of the molecule is Cc1c(Cl)[nH]c(=O)n(C2CC2C)c1=O. The Hall–Kier alpha value is -1.03. The number of nitrogens with zero attached hydrogens (tertiary/aromatic N) is 1. The van der Waals surface area contributed by atoms with Gasteiger partial charge in [0, 0.05) is 11.6 Å². The quantitative estimate of drug-likeness (QED) is 0.712. The van der Waals surface area contributed by atoms with Crippen molar-refractivity contribution in [3.8, 4) is 0 Å². The number of halogens is 1. The molecule has 1 N–H and O–H groups in total. The first-order valence-corrected chi connectivity index (χ1v) is 4.91. The van der Waals surface area contributed by atoms with E-state index in [1.807, 2.05) is 6.92 Å². The van der Waals surface area contributed by atoms with E-state index in [-0.39, 0.29) is 16.8 Å². The first-order valence-electron chi connectivity index (χ1n) is 4.53. The highest BCUT2D eigenvalue weighted by Crippen LogP contribution is 2.40. The van der Waals surface area contributed by atoms with Gasteiger partial charge in [-0.05, 0) is 19.3 Å². The number of hydrogen-bond donors (Lipinski definition) is 1. The van der Waals surface area contributed by atoms with Crippen LogP contribution in [-0.4, -0.2) is 9.55 Å². The molecule has 0 radical (unpaired) electrons. The molecule has 0 aromatic carbocycles. The predicted octanol–water partition coefficient (Wildman–Crippen LogP) is 1.08. The van der Waals surface area contributed by atoms with E-state index in [2.05, 4.69) is 4.98 Å². The number of aromatic amines is 1. The molecule has 14 heavy (non-hydrogen) atoms. The lowest BCUT2D eigenvalue weighted by atomic mass is 10.3. The summed E-state index contributed by atoms with van der Waals surface area (Å²) in [6, 6.07) is 0.0576. The largest absolute Gasteiger partial charge is 0.329 e. The van der Waals surface area contributed by atoms with Crippen molar-refractivity contribution in [3.63, 3.8) is 0 Å². The third-order valence-electron chi connectivity index (χ3n) is 2.70. The van der Waals surface area contributed by atoms with Gasteiger partial charge >= 0.3 is 5.69 Å². The molecule has 0 amide bonds. The summed E-state index contributed by atoms with van der Waals surface area (Å²) in [5.74, 6) is 0.411. The van der Waals surface area contributed by atoms with E-state index < -0.39 is 5.69 Å². The summed E-state index contributed by atoms with van der Waals surface area (Å²) in [6.07, 6.45) is 0.893. The molecule has 2 unspecified atom stereocenters. The average Bonchev–Trinajstić information content (AvgIpc) is 2.79. The molecule has 76 valence electrons. The minimum absolute atomic E-state index is 0.0576. The molecule has 0 aliphatic heterocycles.